The van der Waals surface area contributed by atoms with Gasteiger partial charge >= 0.3 is 0 Å². The average molecular weight is 168 g/mol. The van der Waals surface area contributed by atoms with Gasteiger partial charge in [-0.15, -0.1) is 0 Å². The third-order valence-electron chi connectivity index (χ3n) is 1.90. The van der Waals surface area contributed by atoms with Gasteiger partial charge in [0.2, 0.25) is 0 Å². The number of aromatic nitrogens is 1. The number of hydrogen-bond acceptors (Lipinski definition) is 3. The number of rotatable bonds is 1. The van der Waals surface area contributed by atoms with Gasteiger partial charge in [-0.3, -0.25) is 0 Å². The first kappa shape index (κ1) is 9.26. The van der Waals surface area contributed by atoms with Crippen LogP contribution < -0.4 is 5.73 Å². The van der Waals surface area contributed by atoms with Crippen molar-refractivity contribution in [1.29, 1.82) is 0 Å². The highest BCUT2D eigenvalue weighted by Gasteiger charge is 2.24. The Balaban J connectivity index is 2.85. The van der Waals surface area contributed by atoms with Crippen molar-refractivity contribution >= 4 is 0 Å². The second kappa shape index (κ2) is 2.90. The van der Waals surface area contributed by atoms with Crippen LogP contribution in [0.2, 0.25) is 0 Å². The van der Waals surface area contributed by atoms with Crippen molar-refractivity contribution in [2.24, 2.45) is 11.1 Å². The molecule has 0 spiro atoms. The molecule has 3 heteroatoms. The first-order valence-electron chi connectivity index (χ1n) is 4.10. The van der Waals surface area contributed by atoms with Crippen molar-refractivity contribution in [2.75, 3.05) is 0 Å². The Hall–Kier alpha value is -0.830. The van der Waals surface area contributed by atoms with Crippen LogP contribution in [0, 0.1) is 12.3 Å². The third kappa shape index (κ3) is 1.85. The van der Waals surface area contributed by atoms with Crippen LogP contribution in [0.3, 0.4) is 0 Å². The zero-order valence-corrected chi connectivity index (χ0v) is 8.09. The Kier molecular flexibility index (Phi) is 2.24. The molecule has 0 radical (unpaired) electrons. The third-order valence-corrected chi connectivity index (χ3v) is 1.90. The van der Waals surface area contributed by atoms with Gasteiger partial charge in [0, 0.05) is 6.07 Å². The fourth-order valence-electron chi connectivity index (χ4n) is 0.976. The van der Waals surface area contributed by atoms with Crippen molar-refractivity contribution < 1.29 is 4.52 Å². The van der Waals surface area contributed by atoms with E-state index in [-0.39, 0.29) is 11.5 Å². The molecule has 0 fully saturated rings. The molecule has 68 valence electrons. The van der Waals surface area contributed by atoms with Crippen LogP contribution >= 0.6 is 0 Å². The van der Waals surface area contributed by atoms with E-state index < -0.39 is 0 Å². The summed E-state index contributed by atoms with van der Waals surface area (Å²) in [5, 5.41) is 3.88. The van der Waals surface area contributed by atoms with Gasteiger partial charge in [-0.05, 0) is 12.3 Å². The van der Waals surface area contributed by atoms with E-state index in [1.165, 1.54) is 0 Å². The quantitative estimate of drug-likeness (QED) is 0.698. The minimum Gasteiger partial charge on any atom is -0.361 e. The molecule has 0 saturated carbocycles. The molecule has 1 atom stereocenters. The maximum atomic E-state index is 5.96. The largest absolute Gasteiger partial charge is 0.361 e. The van der Waals surface area contributed by atoms with Crippen molar-refractivity contribution in [3.05, 3.63) is 17.5 Å². The number of nitrogens with zero attached hydrogens (tertiary/aromatic N) is 1. The lowest BCUT2D eigenvalue weighted by Gasteiger charge is -2.24. The van der Waals surface area contributed by atoms with Crippen molar-refractivity contribution in [3.8, 4) is 0 Å². The molecule has 0 amide bonds. The van der Waals surface area contributed by atoms with E-state index in [9.17, 15) is 0 Å². The normalized spacial score (nSPS) is 14.8. The van der Waals surface area contributed by atoms with Crippen molar-refractivity contribution in [2.45, 2.75) is 33.7 Å². The number of nitrogens with two attached hydrogens (primary N) is 1. The molecule has 1 aromatic heterocycles. The zero-order valence-electron chi connectivity index (χ0n) is 8.09. The monoisotopic (exact) mass is 168 g/mol. The zero-order chi connectivity index (χ0) is 9.35. The van der Waals surface area contributed by atoms with Crippen LogP contribution in [0.1, 0.15) is 38.3 Å². The van der Waals surface area contributed by atoms with E-state index in [1.807, 2.05) is 13.0 Å². The number of hydrogen-bond donors (Lipinski definition) is 1. The van der Waals surface area contributed by atoms with E-state index >= 15 is 0 Å². The van der Waals surface area contributed by atoms with Gasteiger partial charge in [-0.1, -0.05) is 25.9 Å². The van der Waals surface area contributed by atoms with Crippen LogP contribution in [-0.2, 0) is 0 Å². The molecular formula is C9H16N2O. The van der Waals surface area contributed by atoms with E-state index in [1.54, 1.807) is 0 Å². The van der Waals surface area contributed by atoms with Crippen LogP contribution in [0.4, 0.5) is 0 Å². The van der Waals surface area contributed by atoms with E-state index in [2.05, 4.69) is 25.9 Å². The predicted molar refractivity (Wildman–Crippen MR) is 47.6 cm³/mol. The van der Waals surface area contributed by atoms with Crippen LogP contribution in [0.5, 0.6) is 0 Å². The van der Waals surface area contributed by atoms with Crippen LogP contribution in [0.25, 0.3) is 0 Å². The standard InChI is InChI=1S/C9H16N2O/c1-6-5-7(11-12-6)8(10)9(2,3)4/h5,8H,10H2,1-4H3. The molecule has 0 saturated heterocycles. The fraction of sp³-hybridized carbons (Fsp3) is 0.667. The van der Waals surface area contributed by atoms with Gasteiger partial charge in [0.15, 0.2) is 0 Å². The van der Waals surface area contributed by atoms with Gasteiger partial charge < -0.3 is 10.3 Å². The fourth-order valence-corrected chi connectivity index (χ4v) is 0.976. The topological polar surface area (TPSA) is 52.0 Å². The Morgan fingerprint density at radius 1 is 1.50 bits per heavy atom. The molecule has 12 heavy (non-hydrogen) atoms. The van der Waals surface area contributed by atoms with Gasteiger partial charge in [-0.2, -0.15) is 0 Å². The van der Waals surface area contributed by atoms with E-state index in [0.717, 1.165) is 11.5 Å². The van der Waals surface area contributed by atoms with Gasteiger partial charge in [0.1, 0.15) is 11.5 Å². The summed E-state index contributed by atoms with van der Waals surface area (Å²) in [6, 6.07) is 1.82. The lowest BCUT2D eigenvalue weighted by atomic mass is 9.85. The maximum Gasteiger partial charge on any atom is 0.133 e. The van der Waals surface area contributed by atoms with Crippen LogP contribution in [-0.4, -0.2) is 5.16 Å². The highest BCUT2D eigenvalue weighted by molar-refractivity contribution is 5.10. The average Bonchev–Trinajstić information content (AvgIpc) is 2.32. The molecule has 0 bridgehead atoms. The summed E-state index contributed by atoms with van der Waals surface area (Å²) in [4.78, 5) is 0. The summed E-state index contributed by atoms with van der Waals surface area (Å²) < 4.78 is 4.95. The highest BCUT2D eigenvalue weighted by Crippen LogP contribution is 2.29. The summed E-state index contributed by atoms with van der Waals surface area (Å²) in [5.74, 6) is 0.810. The summed E-state index contributed by atoms with van der Waals surface area (Å²) in [5.41, 5.74) is 6.83. The lowest BCUT2D eigenvalue weighted by molar-refractivity contribution is 0.303. The van der Waals surface area contributed by atoms with E-state index in [4.69, 9.17) is 10.3 Å². The molecule has 0 aliphatic rings. The minimum atomic E-state index is -0.0602. The summed E-state index contributed by atoms with van der Waals surface area (Å²) in [6.45, 7) is 8.12. The Morgan fingerprint density at radius 2 is 2.08 bits per heavy atom. The Labute approximate surface area is 72.9 Å². The molecule has 0 aliphatic heterocycles. The van der Waals surface area contributed by atoms with Crippen LogP contribution in [0.15, 0.2) is 10.6 Å². The maximum absolute atomic E-state index is 5.96. The smallest absolute Gasteiger partial charge is 0.133 e. The Bertz CT molecular complexity index is 260. The summed E-state index contributed by atoms with van der Waals surface area (Å²) in [6.07, 6.45) is 0. The van der Waals surface area contributed by atoms with E-state index in [0.29, 0.717) is 0 Å². The molecule has 1 heterocycles. The molecular weight excluding hydrogens is 152 g/mol. The molecule has 1 rings (SSSR count). The van der Waals surface area contributed by atoms with Crippen molar-refractivity contribution in [1.82, 2.24) is 5.16 Å². The minimum absolute atomic E-state index is 0.0311. The first-order valence-corrected chi connectivity index (χ1v) is 4.10. The first-order chi connectivity index (χ1) is 5.41. The molecule has 1 aromatic rings. The highest BCUT2D eigenvalue weighted by atomic mass is 16.5. The molecule has 0 aliphatic carbocycles. The molecule has 1 unspecified atom stereocenters. The summed E-state index contributed by atoms with van der Waals surface area (Å²) >= 11 is 0. The van der Waals surface area contributed by atoms with Crippen molar-refractivity contribution in [3.63, 3.8) is 0 Å². The second-order valence-corrected chi connectivity index (χ2v) is 4.21. The second-order valence-electron chi connectivity index (χ2n) is 4.21. The molecule has 0 aromatic carbocycles. The summed E-state index contributed by atoms with van der Waals surface area (Å²) in [7, 11) is 0. The molecule has 2 N–H and O–H groups in total. The van der Waals surface area contributed by atoms with Gasteiger partial charge in [0.25, 0.3) is 0 Å². The SMILES string of the molecule is Cc1cc(C(N)C(C)(C)C)no1. The molecule has 3 nitrogen and oxygen atoms in total. The Morgan fingerprint density at radius 3 is 2.42 bits per heavy atom. The predicted octanol–water partition coefficient (Wildman–Crippen LogP) is 2.03. The number of aryl methyl sites for hydroxylation is 1. The van der Waals surface area contributed by atoms with Gasteiger partial charge in [0.05, 0.1) is 6.04 Å². The lowest BCUT2D eigenvalue weighted by Crippen LogP contribution is -2.26. The van der Waals surface area contributed by atoms with Gasteiger partial charge in [-0.25, -0.2) is 0 Å².